The Kier molecular flexibility index (Phi) is 3.09. The average molecular weight is 264 g/mol. The number of aryl methyl sites for hydroxylation is 1. The van der Waals surface area contributed by atoms with Crippen LogP contribution in [0.5, 0.6) is 0 Å². The monoisotopic (exact) mass is 264 g/mol. The van der Waals surface area contributed by atoms with E-state index in [-0.39, 0.29) is 0 Å². The highest BCUT2D eigenvalue weighted by Crippen LogP contribution is 2.22. The molecule has 0 saturated heterocycles. The maximum Gasteiger partial charge on any atom is 0.250 e. The van der Waals surface area contributed by atoms with Crippen molar-refractivity contribution >= 4 is 6.29 Å². The van der Waals surface area contributed by atoms with Crippen molar-refractivity contribution in [1.82, 2.24) is 19.7 Å². The molecule has 0 aliphatic heterocycles. The number of hydrogen-bond acceptors (Lipinski definition) is 4. The molecule has 5 nitrogen and oxygen atoms in total. The van der Waals surface area contributed by atoms with Gasteiger partial charge >= 0.3 is 0 Å². The topological polar surface area (TPSA) is 60.7 Å². The van der Waals surface area contributed by atoms with Crippen molar-refractivity contribution in [3.8, 4) is 17.2 Å². The van der Waals surface area contributed by atoms with Crippen LogP contribution in [0.2, 0.25) is 0 Å². The number of rotatable bonds is 3. The standard InChI is InChI=1S/C15H12N4O/c1-11-3-5-12(6-4-11)14-13(10-20)9-19(18-14)15-16-7-2-8-17-15/h2-10H,1H3. The zero-order valence-corrected chi connectivity index (χ0v) is 10.9. The maximum absolute atomic E-state index is 11.2. The van der Waals surface area contributed by atoms with Crippen LogP contribution in [0.3, 0.4) is 0 Å². The number of carbonyl (C=O) groups is 1. The predicted molar refractivity (Wildman–Crippen MR) is 74.7 cm³/mol. The average Bonchev–Trinajstić information content (AvgIpc) is 2.93. The van der Waals surface area contributed by atoms with Crippen LogP contribution in [0.4, 0.5) is 0 Å². The first kappa shape index (κ1) is 12.2. The molecule has 98 valence electrons. The van der Waals surface area contributed by atoms with E-state index >= 15 is 0 Å². The summed E-state index contributed by atoms with van der Waals surface area (Å²) in [5.41, 5.74) is 3.20. The van der Waals surface area contributed by atoms with E-state index in [9.17, 15) is 4.79 Å². The lowest BCUT2D eigenvalue weighted by Gasteiger charge is -1.99. The van der Waals surface area contributed by atoms with Crippen LogP contribution < -0.4 is 0 Å². The van der Waals surface area contributed by atoms with E-state index in [1.165, 1.54) is 4.68 Å². The van der Waals surface area contributed by atoms with Gasteiger partial charge in [-0.3, -0.25) is 4.79 Å². The van der Waals surface area contributed by atoms with Crippen molar-refractivity contribution in [2.75, 3.05) is 0 Å². The van der Waals surface area contributed by atoms with Gasteiger partial charge in [0.1, 0.15) is 5.69 Å². The summed E-state index contributed by atoms with van der Waals surface area (Å²) < 4.78 is 1.51. The number of carbonyl (C=O) groups excluding carboxylic acids is 1. The Morgan fingerprint density at radius 3 is 2.45 bits per heavy atom. The molecule has 3 rings (SSSR count). The summed E-state index contributed by atoms with van der Waals surface area (Å²) in [6.07, 6.45) is 5.70. The zero-order chi connectivity index (χ0) is 13.9. The van der Waals surface area contributed by atoms with E-state index in [0.717, 1.165) is 17.4 Å². The molecule has 3 aromatic rings. The molecule has 0 atom stereocenters. The number of hydrogen-bond donors (Lipinski definition) is 0. The van der Waals surface area contributed by atoms with Crippen LogP contribution in [0.15, 0.2) is 48.9 Å². The fourth-order valence-corrected chi connectivity index (χ4v) is 1.92. The van der Waals surface area contributed by atoms with Gasteiger partial charge in [-0.2, -0.15) is 5.10 Å². The third kappa shape index (κ3) is 2.21. The van der Waals surface area contributed by atoms with E-state index in [4.69, 9.17) is 0 Å². The molecule has 0 unspecified atom stereocenters. The summed E-state index contributed by atoms with van der Waals surface area (Å²) in [5, 5.41) is 4.41. The maximum atomic E-state index is 11.2. The SMILES string of the molecule is Cc1ccc(-c2nn(-c3ncccn3)cc2C=O)cc1. The smallest absolute Gasteiger partial charge is 0.250 e. The van der Waals surface area contributed by atoms with Gasteiger partial charge in [0.25, 0.3) is 0 Å². The third-order valence-electron chi connectivity index (χ3n) is 2.95. The van der Waals surface area contributed by atoms with Crippen LogP contribution in [0, 0.1) is 6.92 Å². The highest BCUT2D eigenvalue weighted by atomic mass is 16.1. The highest BCUT2D eigenvalue weighted by Gasteiger charge is 2.12. The minimum atomic E-state index is 0.439. The number of aromatic nitrogens is 4. The molecule has 0 N–H and O–H groups in total. The molecule has 0 aliphatic rings. The van der Waals surface area contributed by atoms with E-state index in [1.54, 1.807) is 24.7 Å². The second kappa shape index (κ2) is 5.05. The molecule has 2 heterocycles. The number of aldehydes is 1. The van der Waals surface area contributed by atoms with Gasteiger partial charge in [0.05, 0.1) is 5.56 Å². The molecular weight excluding hydrogens is 252 g/mol. The van der Waals surface area contributed by atoms with Gasteiger partial charge in [-0.15, -0.1) is 0 Å². The predicted octanol–water partition coefficient (Wildman–Crippen LogP) is 2.45. The van der Waals surface area contributed by atoms with Crippen LogP contribution in [-0.4, -0.2) is 26.0 Å². The molecule has 0 radical (unpaired) electrons. The van der Waals surface area contributed by atoms with Crippen molar-refractivity contribution in [3.05, 3.63) is 60.0 Å². The molecule has 0 aliphatic carbocycles. The Morgan fingerprint density at radius 2 is 1.80 bits per heavy atom. The van der Waals surface area contributed by atoms with Crippen LogP contribution in [0.1, 0.15) is 15.9 Å². The van der Waals surface area contributed by atoms with Gasteiger partial charge in [-0.1, -0.05) is 29.8 Å². The summed E-state index contributed by atoms with van der Waals surface area (Å²) in [5.74, 6) is 0.439. The van der Waals surface area contributed by atoms with E-state index < -0.39 is 0 Å². The van der Waals surface area contributed by atoms with E-state index in [1.807, 2.05) is 31.2 Å². The summed E-state index contributed by atoms with van der Waals surface area (Å²) in [6.45, 7) is 2.01. The Morgan fingerprint density at radius 1 is 1.10 bits per heavy atom. The first-order valence-electron chi connectivity index (χ1n) is 6.17. The van der Waals surface area contributed by atoms with Gasteiger partial charge in [-0.25, -0.2) is 14.6 Å². The second-order valence-corrected chi connectivity index (χ2v) is 4.41. The fourth-order valence-electron chi connectivity index (χ4n) is 1.92. The van der Waals surface area contributed by atoms with Crippen molar-refractivity contribution in [2.45, 2.75) is 6.92 Å². The minimum Gasteiger partial charge on any atom is -0.298 e. The molecule has 0 amide bonds. The molecular formula is C15H12N4O. The Bertz CT molecular complexity index is 732. The van der Waals surface area contributed by atoms with Crippen LogP contribution in [-0.2, 0) is 0 Å². The highest BCUT2D eigenvalue weighted by molar-refractivity contribution is 5.85. The summed E-state index contributed by atoms with van der Waals surface area (Å²) in [7, 11) is 0. The normalized spacial score (nSPS) is 10.4. The largest absolute Gasteiger partial charge is 0.298 e. The first-order valence-corrected chi connectivity index (χ1v) is 6.17. The molecule has 2 aromatic heterocycles. The molecule has 1 aromatic carbocycles. The summed E-state index contributed by atoms with van der Waals surface area (Å²) >= 11 is 0. The number of nitrogens with zero attached hydrogens (tertiary/aromatic N) is 4. The minimum absolute atomic E-state index is 0.439. The van der Waals surface area contributed by atoms with E-state index in [0.29, 0.717) is 17.2 Å². The lowest BCUT2D eigenvalue weighted by atomic mass is 10.1. The van der Waals surface area contributed by atoms with Crippen molar-refractivity contribution < 1.29 is 4.79 Å². The Labute approximate surface area is 115 Å². The van der Waals surface area contributed by atoms with Crippen molar-refractivity contribution in [3.63, 3.8) is 0 Å². The van der Waals surface area contributed by atoms with Gasteiger partial charge in [-0.05, 0) is 13.0 Å². The van der Waals surface area contributed by atoms with Gasteiger partial charge in [0.2, 0.25) is 5.95 Å². The third-order valence-corrected chi connectivity index (χ3v) is 2.95. The quantitative estimate of drug-likeness (QED) is 0.682. The zero-order valence-electron chi connectivity index (χ0n) is 10.9. The Balaban J connectivity index is 2.10. The lowest BCUT2D eigenvalue weighted by Crippen LogP contribution is -2.00. The Hall–Kier alpha value is -2.82. The molecule has 0 saturated carbocycles. The lowest BCUT2D eigenvalue weighted by molar-refractivity contribution is 0.112. The molecule has 20 heavy (non-hydrogen) atoms. The van der Waals surface area contributed by atoms with E-state index in [2.05, 4.69) is 15.1 Å². The van der Waals surface area contributed by atoms with Gasteiger partial charge in [0.15, 0.2) is 6.29 Å². The van der Waals surface area contributed by atoms with Gasteiger partial charge in [0, 0.05) is 24.2 Å². The van der Waals surface area contributed by atoms with Crippen molar-refractivity contribution in [1.29, 1.82) is 0 Å². The summed E-state index contributed by atoms with van der Waals surface area (Å²) in [4.78, 5) is 19.5. The molecule has 0 bridgehead atoms. The fraction of sp³-hybridized carbons (Fsp3) is 0.0667. The molecule has 5 heteroatoms. The molecule has 0 fully saturated rings. The van der Waals surface area contributed by atoms with Crippen molar-refractivity contribution in [2.24, 2.45) is 0 Å². The summed E-state index contributed by atoms with van der Waals surface area (Å²) in [6, 6.07) is 9.60. The molecule has 0 spiro atoms. The first-order chi connectivity index (χ1) is 9.78. The second-order valence-electron chi connectivity index (χ2n) is 4.41. The van der Waals surface area contributed by atoms with Crippen LogP contribution in [0.25, 0.3) is 17.2 Å². The van der Waals surface area contributed by atoms with Gasteiger partial charge < -0.3 is 0 Å². The number of benzene rings is 1. The van der Waals surface area contributed by atoms with Crippen LogP contribution >= 0.6 is 0 Å².